The summed E-state index contributed by atoms with van der Waals surface area (Å²) in [4.78, 5) is 14.3. The minimum absolute atomic E-state index is 0.429. The molecular weight excluding hydrogens is 522 g/mol. The maximum atomic E-state index is 5.07. The van der Waals surface area contributed by atoms with E-state index in [4.69, 9.17) is 10.1 Å². The van der Waals surface area contributed by atoms with Crippen LogP contribution in [-0.2, 0) is 5.41 Å². The van der Waals surface area contributed by atoms with E-state index in [2.05, 4.69) is 111 Å². The first-order valence-electron chi connectivity index (χ1n) is 13.9. The zero-order chi connectivity index (χ0) is 27.7. The number of aromatic nitrogens is 9. The van der Waals surface area contributed by atoms with Gasteiger partial charge in [-0.3, -0.25) is 0 Å². The fraction of sp³-hybridized carbons (Fsp3) is 0.0909. The standard InChI is InChI=1S/C33H21N9/c1-18-34-30-40-31(35-19(2)37-40)42-32(41(30)38-18)36-29(39-42)23-13-9-17-27-28(23)22-12-5-8-16-26(22)33(27)24-14-6-3-10-20(24)21-11-4-7-15-25(21)33/h3-17H,1-2H3. The predicted octanol–water partition coefficient (Wildman–Crippen LogP) is 5.44. The topological polar surface area (TPSA) is 90.6 Å². The van der Waals surface area contributed by atoms with Gasteiger partial charge in [0.05, 0.1) is 5.41 Å². The molecule has 4 aromatic carbocycles. The Bertz CT molecular complexity index is 2340. The molecule has 2 aliphatic rings. The van der Waals surface area contributed by atoms with Crippen LogP contribution in [0.25, 0.3) is 51.0 Å². The van der Waals surface area contributed by atoms with Gasteiger partial charge in [0.25, 0.3) is 17.3 Å². The quantitative estimate of drug-likeness (QED) is 0.274. The molecule has 0 saturated heterocycles. The van der Waals surface area contributed by atoms with Gasteiger partial charge < -0.3 is 0 Å². The van der Waals surface area contributed by atoms with Gasteiger partial charge in [-0.05, 0) is 58.4 Å². The van der Waals surface area contributed by atoms with Gasteiger partial charge in [-0.1, -0.05) is 91.0 Å². The average Bonchev–Trinajstić information content (AvgIpc) is 3.82. The van der Waals surface area contributed by atoms with Crippen molar-refractivity contribution in [2.45, 2.75) is 19.3 Å². The smallest absolute Gasteiger partial charge is 0.194 e. The summed E-state index contributed by atoms with van der Waals surface area (Å²) >= 11 is 0. The van der Waals surface area contributed by atoms with E-state index in [1.165, 1.54) is 38.9 Å². The molecule has 0 N–H and O–H groups in total. The number of aryl methyl sites for hydroxylation is 2. The number of hydrogen-bond acceptors (Lipinski definition) is 6. The summed E-state index contributed by atoms with van der Waals surface area (Å²) in [5.74, 6) is 3.48. The lowest BCUT2D eigenvalue weighted by molar-refractivity contribution is 0.794. The minimum atomic E-state index is -0.429. The Kier molecular flexibility index (Phi) is 3.84. The zero-order valence-corrected chi connectivity index (χ0v) is 22.7. The summed E-state index contributed by atoms with van der Waals surface area (Å²) in [6.07, 6.45) is 0. The molecule has 0 amide bonds. The van der Waals surface area contributed by atoms with Crippen molar-refractivity contribution in [3.05, 3.63) is 125 Å². The van der Waals surface area contributed by atoms with Crippen LogP contribution in [0.4, 0.5) is 0 Å². The maximum Gasteiger partial charge on any atom is 0.260 e. The van der Waals surface area contributed by atoms with Gasteiger partial charge in [-0.2, -0.15) is 28.5 Å². The van der Waals surface area contributed by atoms with Crippen LogP contribution < -0.4 is 0 Å². The Morgan fingerprint density at radius 2 is 0.905 bits per heavy atom. The van der Waals surface area contributed by atoms with E-state index in [9.17, 15) is 0 Å². The summed E-state index contributed by atoms with van der Waals surface area (Å²) < 4.78 is 5.08. The van der Waals surface area contributed by atoms with E-state index in [1.54, 1.807) is 13.5 Å². The molecule has 0 bridgehead atoms. The van der Waals surface area contributed by atoms with Crippen LogP contribution in [0.15, 0.2) is 91.0 Å². The zero-order valence-electron chi connectivity index (χ0n) is 22.7. The van der Waals surface area contributed by atoms with E-state index < -0.39 is 5.41 Å². The van der Waals surface area contributed by atoms with Crippen molar-refractivity contribution in [2.24, 2.45) is 0 Å². The first kappa shape index (κ1) is 22.0. The second-order valence-corrected chi connectivity index (χ2v) is 11.0. The number of benzene rings is 4. The molecule has 0 saturated carbocycles. The van der Waals surface area contributed by atoms with E-state index >= 15 is 0 Å². The normalized spacial score (nSPS) is 14.1. The lowest BCUT2D eigenvalue weighted by atomic mass is 9.70. The largest absolute Gasteiger partial charge is 0.260 e. The Labute approximate surface area is 238 Å². The molecule has 10 rings (SSSR count). The highest BCUT2D eigenvalue weighted by molar-refractivity contribution is 5.99. The van der Waals surface area contributed by atoms with Crippen molar-refractivity contribution in [2.75, 3.05) is 0 Å². The van der Waals surface area contributed by atoms with Crippen molar-refractivity contribution in [1.82, 2.24) is 43.8 Å². The lowest BCUT2D eigenvalue weighted by Crippen LogP contribution is -2.25. The van der Waals surface area contributed by atoms with Gasteiger partial charge in [0.1, 0.15) is 11.6 Å². The van der Waals surface area contributed by atoms with Gasteiger partial charge in [0.15, 0.2) is 5.82 Å². The molecule has 0 fully saturated rings. The molecule has 8 aromatic rings. The average molecular weight is 544 g/mol. The summed E-state index contributed by atoms with van der Waals surface area (Å²) in [6.45, 7) is 3.71. The summed E-state index contributed by atoms with van der Waals surface area (Å²) in [7, 11) is 0. The molecule has 4 heterocycles. The van der Waals surface area contributed by atoms with E-state index in [-0.39, 0.29) is 0 Å². The minimum Gasteiger partial charge on any atom is -0.194 e. The van der Waals surface area contributed by atoms with Crippen LogP contribution in [0.3, 0.4) is 0 Å². The molecule has 9 nitrogen and oxygen atoms in total. The molecule has 42 heavy (non-hydrogen) atoms. The molecule has 2 aliphatic carbocycles. The molecule has 1 spiro atoms. The number of hydrogen-bond donors (Lipinski definition) is 0. The van der Waals surface area contributed by atoms with E-state index in [0.717, 1.165) is 11.1 Å². The van der Waals surface area contributed by atoms with Crippen molar-refractivity contribution >= 4 is 17.3 Å². The number of rotatable bonds is 1. The molecule has 0 radical (unpaired) electrons. The molecular formula is C33H21N9. The highest BCUT2D eigenvalue weighted by Crippen LogP contribution is 2.63. The summed E-state index contributed by atoms with van der Waals surface area (Å²) in [5, 5.41) is 14.2. The van der Waals surface area contributed by atoms with Crippen LogP contribution >= 0.6 is 0 Å². The van der Waals surface area contributed by atoms with Crippen molar-refractivity contribution < 1.29 is 0 Å². The highest BCUT2D eigenvalue weighted by atomic mass is 15.5. The molecule has 0 atom stereocenters. The van der Waals surface area contributed by atoms with Crippen LogP contribution in [-0.4, -0.2) is 43.8 Å². The van der Waals surface area contributed by atoms with Gasteiger partial charge in [0, 0.05) is 5.56 Å². The fourth-order valence-corrected chi connectivity index (χ4v) is 7.37. The first-order valence-corrected chi connectivity index (χ1v) is 13.9. The van der Waals surface area contributed by atoms with Crippen molar-refractivity contribution in [1.29, 1.82) is 0 Å². The molecule has 4 aromatic heterocycles. The second-order valence-electron chi connectivity index (χ2n) is 11.0. The molecule has 9 heteroatoms. The maximum absolute atomic E-state index is 5.07. The third kappa shape index (κ3) is 2.42. The Hall–Kier alpha value is -5.70. The Morgan fingerprint density at radius 3 is 1.52 bits per heavy atom. The van der Waals surface area contributed by atoms with Crippen LogP contribution in [0.5, 0.6) is 0 Å². The SMILES string of the molecule is Cc1nc2n(n1)c1nc(C)nn1c1nc(-c3cccc4c3-c3ccccc3C43c4ccccc4-c4ccccc43)nn21. The van der Waals surface area contributed by atoms with Crippen molar-refractivity contribution in [3.8, 4) is 33.6 Å². The second kappa shape index (κ2) is 7.32. The monoisotopic (exact) mass is 543 g/mol. The third-order valence-electron chi connectivity index (χ3n) is 8.81. The predicted molar refractivity (Wildman–Crippen MR) is 157 cm³/mol. The summed E-state index contributed by atoms with van der Waals surface area (Å²) in [6, 6.07) is 32.9. The van der Waals surface area contributed by atoms with E-state index in [0.29, 0.717) is 34.8 Å². The van der Waals surface area contributed by atoms with Gasteiger partial charge in [-0.15, -0.1) is 15.3 Å². The molecule has 198 valence electrons. The van der Waals surface area contributed by atoms with Gasteiger partial charge in [-0.25, -0.2) is 0 Å². The Morgan fingerprint density at radius 1 is 0.452 bits per heavy atom. The van der Waals surface area contributed by atoms with Gasteiger partial charge >= 0.3 is 0 Å². The van der Waals surface area contributed by atoms with E-state index in [1.807, 2.05) is 13.8 Å². The Balaban J connectivity index is 1.33. The molecule has 0 aliphatic heterocycles. The number of fused-ring (bicyclic) bond motifs is 16. The number of nitrogens with zero attached hydrogens (tertiary/aromatic N) is 9. The van der Waals surface area contributed by atoms with Crippen molar-refractivity contribution in [3.63, 3.8) is 0 Å². The summed E-state index contributed by atoms with van der Waals surface area (Å²) in [5.41, 5.74) is 10.6. The van der Waals surface area contributed by atoms with Crippen LogP contribution in [0.1, 0.15) is 33.9 Å². The van der Waals surface area contributed by atoms with Crippen LogP contribution in [0.2, 0.25) is 0 Å². The highest BCUT2D eigenvalue weighted by Gasteiger charge is 2.52. The fourth-order valence-electron chi connectivity index (χ4n) is 7.37. The van der Waals surface area contributed by atoms with Gasteiger partial charge in [0.2, 0.25) is 0 Å². The van der Waals surface area contributed by atoms with Crippen LogP contribution in [0, 0.1) is 13.8 Å². The lowest BCUT2D eigenvalue weighted by Gasteiger charge is -2.30. The first-order chi connectivity index (χ1) is 20.6. The third-order valence-corrected chi connectivity index (χ3v) is 8.81. The molecule has 0 unspecified atom stereocenters.